The topological polar surface area (TPSA) is 64.7 Å². The van der Waals surface area contributed by atoms with E-state index in [-0.39, 0.29) is 0 Å². The Morgan fingerprint density at radius 2 is 1.50 bits per heavy atom. The number of nitrogens with zero attached hydrogens (tertiary/aromatic N) is 2. The number of likely N-dealkylation sites (N-methyl/N-ethyl adjacent to an activating group) is 1. The van der Waals surface area contributed by atoms with E-state index in [9.17, 15) is 0 Å². The van der Waals surface area contributed by atoms with E-state index in [0.717, 1.165) is 44.8 Å². The first-order valence-corrected chi connectivity index (χ1v) is 19.6. The molecule has 34 heavy (non-hydrogen) atoms. The number of piperazine rings is 1. The second-order valence-electron chi connectivity index (χ2n) is 9.55. The number of hydrogen-bond acceptors (Lipinski definition) is 8. The Morgan fingerprint density at radius 3 is 2.06 bits per heavy atom. The molecule has 1 N–H and O–H groups in total. The molecule has 1 aliphatic rings. The fourth-order valence-electron chi connectivity index (χ4n) is 4.95. The van der Waals surface area contributed by atoms with Crippen LogP contribution in [0, 0.1) is 0 Å². The monoisotopic (exact) mass is 537 g/mol. The molecule has 1 fully saturated rings. The van der Waals surface area contributed by atoms with Gasteiger partial charge in [0.1, 0.15) is 0 Å². The van der Waals surface area contributed by atoms with Crippen LogP contribution in [-0.2, 0) is 22.1 Å². The molecule has 1 unspecified atom stereocenters. The van der Waals surface area contributed by atoms with Gasteiger partial charge in [-0.2, -0.15) is 0 Å². The summed E-state index contributed by atoms with van der Waals surface area (Å²) in [7, 11) is 2.45. The van der Waals surface area contributed by atoms with E-state index in [2.05, 4.69) is 42.6 Å². The number of hydrogen-bond donors (Lipinski definition) is 1. The van der Waals surface area contributed by atoms with Gasteiger partial charge in [-0.1, -0.05) is 12.8 Å². The molecule has 0 amide bonds. The minimum Gasteiger partial charge on any atom is -0.395 e. The summed E-state index contributed by atoms with van der Waals surface area (Å²) in [5, 5.41) is 4.14. The molecule has 1 aliphatic heterocycles. The molecule has 0 aromatic rings. The third kappa shape index (κ3) is 12.0. The Balaban J connectivity index is 2.38. The molecule has 204 valence electrons. The molecule has 1 saturated heterocycles. The predicted molar refractivity (Wildman–Crippen MR) is 149 cm³/mol. The Morgan fingerprint density at radius 1 is 0.882 bits per heavy atom. The Labute approximate surface area is 214 Å². The highest BCUT2D eigenvalue weighted by Gasteiger charge is 2.46. The van der Waals surface area contributed by atoms with Gasteiger partial charge < -0.3 is 37.2 Å². The van der Waals surface area contributed by atoms with Gasteiger partial charge in [0, 0.05) is 75.4 Å². The zero-order valence-corrected chi connectivity index (χ0v) is 26.7. The lowest BCUT2D eigenvalue weighted by Crippen LogP contribution is -2.51. The predicted octanol–water partition coefficient (Wildman–Crippen LogP) is 2.25. The molecule has 0 saturated carbocycles. The van der Waals surface area contributed by atoms with Gasteiger partial charge in [-0.15, -0.1) is 0 Å². The molecule has 0 spiro atoms. The molecule has 0 aromatic carbocycles. The third-order valence-corrected chi connectivity index (χ3v) is 17.2. The van der Waals surface area contributed by atoms with Crippen molar-refractivity contribution in [1.82, 2.24) is 15.1 Å². The maximum Gasteiger partial charge on any atom is 0.500 e. The van der Waals surface area contributed by atoms with Gasteiger partial charge in [0.05, 0.1) is 0 Å². The van der Waals surface area contributed by atoms with Crippen LogP contribution in [-0.4, -0.2) is 124 Å². The number of unbranched alkanes of at least 4 members (excludes halogenated alkanes) is 2. The average molecular weight is 538 g/mol. The molecule has 1 atom stereocenters. The highest BCUT2D eigenvalue weighted by Crippen LogP contribution is 2.28. The molecule has 11 heteroatoms. The van der Waals surface area contributed by atoms with Crippen molar-refractivity contribution in [2.75, 3.05) is 87.0 Å². The summed E-state index contributed by atoms with van der Waals surface area (Å²) >= 11 is 0. The molecule has 0 radical (unpaired) electrons. The largest absolute Gasteiger partial charge is 0.500 e. The summed E-state index contributed by atoms with van der Waals surface area (Å²) in [4.78, 5) is 5.03. The standard InChI is InChI=1S/C23H55N3O5Si3/c1-8-30-33(7,31-9-2)21-13-15-24-22-32-23(34(27-4,28-5)29-6)14-11-10-12-16-26-19-17-25(3)18-20-26/h23-24H,8-22,32H2,1-7H3. The fourth-order valence-corrected chi connectivity index (χ4v) is 14.2. The molecular formula is C23H55N3O5Si3. The molecule has 0 aromatic heterocycles. The van der Waals surface area contributed by atoms with E-state index >= 15 is 0 Å². The van der Waals surface area contributed by atoms with E-state index in [1.807, 2.05) is 0 Å². The molecule has 1 heterocycles. The summed E-state index contributed by atoms with van der Waals surface area (Å²) in [6, 6.07) is 1.03. The maximum absolute atomic E-state index is 5.96. The average Bonchev–Trinajstić information content (AvgIpc) is 2.83. The van der Waals surface area contributed by atoms with Crippen LogP contribution in [0.3, 0.4) is 0 Å². The molecule has 1 rings (SSSR count). The first kappa shape index (κ1) is 32.4. The van der Waals surface area contributed by atoms with Crippen LogP contribution in [0.15, 0.2) is 0 Å². The van der Waals surface area contributed by atoms with Crippen LogP contribution in [0.2, 0.25) is 17.8 Å². The van der Waals surface area contributed by atoms with E-state index in [1.165, 1.54) is 52.0 Å². The molecule has 0 bridgehead atoms. The van der Waals surface area contributed by atoms with Crippen molar-refractivity contribution in [3.05, 3.63) is 0 Å². The normalized spacial score (nSPS) is 17.7. The first-order valence-electron chi connectivity index (χ1n) is 13.4. The Kier molecular flexibility index (Phi) is 17.7. The quantitative estimate of drug-likeness (QED) is 0.177. The van der Waals surface area contributed by atoms with Gasteiger partial charge in [-0.3, -0.25) is 0 Å². The lowest BCUT2D eigenvalue weighted by Gasteiger charge is -2.33. The van der Waals surface area contributed by atoms with Gasteiger partial charge in [0.15, 0.2) is 0 Å². The fraction of sp³-hybridized carbons (Fsp3) is 1.00. The van der Waals surface area contributed by atoms with Gasteiger partial charge in [0.2, 0.25) is 0 Å². The van der Waals surface area contributed by atoms with Gasteiger partial charge in [-0.25, -0.2) is 0 Å². The highest BCUT2D eigenvalue weighted by atomic mass is 28.4. The molecular weight excluding hydrogens is 483 g/mol. The van der Waals surface area contributed by atoms with Crippen LogP contribution < -0.4 is 5.32 Å². The first-order chi connectivity index (χ1) is 16.4. The zero-order chi connectivity index (χ0) is 25.3. The third-order valence-electron chi connectivity index (χ3n) is 7.03. The molecule has 0 aliphatic carbocycles. The van der Waals surface area contributed by atoms with Crippen molar-refractivity contribution >= 4 is 26.9 Å². The SMILES string of the molecule is CCO[Si](C)(CCCNC[SiH2]C(CCCCCN1CCN(C)CC1)[Si](OC)(OC)OC)OCC. The number of nitrogens with one attached hydrogen (secondary N) is 1. The van der Waals surface area contributed by atoms with Gasteiger partial charge in [0.25, 0.3) is 0 Å². The van der Waals surface area contributed by atoms with Gasteiger partial charge in [-0.05, 0) is 72.0 Å². The summed E-state index contributed by atoms with van der Waals surface area (Å²) in [6.45, 7) is 14.8. The van der Waals surface area contributed by atoms with Crippen LogP contribution in [0.5, 0.6) is 0 Å². The summed E-state index contributed by atoms with van der Waals surface area (Å²) in [5.41, 5.74) is 0. The smallest absolute Gasteiger partial charge is 0.395 e. The second-order valence-corrected chi connectivity index (χ2v) is 19.0. The minimum atomic E-state index is -2.59. The highest BCUT2D eigenvalue weighted by molar-refractivity contribution is 6.73. The number of rotatable bonds is 21. The van der Waals surface area contributed by atoms with E-state index in [4.69, 9.17) is 22.1 Å². The van der Waals surface area contributed by atoms with Crippen LogP contribution >= 0.6 is 0 Å². The van der Waals surface area contributed by atoms with Crippen LogP contribution in [0.4, 0.5) is 0 Å². The van der Waals surface area contributed by atoms with Crippen molar-refractivity contribution in [2.45, 2.75) is 63.7 Å². The van der Waals surface area contributed by atoms with E-state index in [0.29, 0.717) is 5.16 Å². The molecule has 8 nitrogen and oxygen atoms in total. The van der Waals surface area contributed by atoms with Crippen molar-refractivity contribution in [3.8, 4) is 0 Å². The van der Waals surface area contributed by atoms with Crippen molar-refractivity contribution in [2.24, 2.45) is 0 Å². The zero-order valence-electron chi connectivity index (χ0n) is 23.3. The van der Waals surface area contributed by atoms with E-state index < -0.39 is 26.9 Å². The second kappa shape index (κ2) is 18.6. The van der Waals surface area contributed by atoms with Gasteiger partial charge >= 0.3 is 17.4 Å². The minimum absolute atomic E-state index is 0.444. The van der Waals surface area contributed by atoms with E-state index in [1.54, 1.807) is 21.3 Å². The van der Waals surface area contributed by atoms with Crippen molar-refractivity contribution in [1.29, 1.82) is 0 Å². The van der Waals surface area contributed by atoms with Crippen molar-refractivity contribution < 1.29 is 22.1 Å². The Bertz CT molecular complexity index is 484. The summed E-state index contributed by atoms with van der Waals surface area (Å²) in [6.07, 6.45) is 7.10. The lowest BCUT2D eigenvalue weighted by atomic mass is 10.2. The lowest BCUT2D eigenvalue weighted by molar-refractivity contribution is 0.118. The van der Waals surface area contributed by atoms with Crippen molar-refractivity contribution in [3.63, 3.8) is 0 Å². The summed E-state index contributed by atoms with van der Waals surface area (Å²) < 4.78 is 29.6. The summed E-state index contributed by atoms with van der Waals surface area (Å²) in [5.74, 6) is 0. The maximum atomic E-state index is 5.96. The Hall–Kier alpha value is 0.331. The van der Waals surface area contributed by atoms with Crippen LogP contribution in [0.1, 0.15) is 46.0 Å². The van der Waals surface area contributed by atoms with Crippen LogP contribution in [0.25, 0.3) is 0 Å².